The predicted molar refractivity (Wildman–Crippen MR) is 79.6 cm³/mol. The Labute approximate surface area is 123 Å². The van der Waals surface area contributed by atoms with Crippen LogP contribution in [-0.4, -0.2) is 28.3 Å². The van der Waals surface area contributed by atoms with Crippen LogP contribution in [-0.2, 0) is 6.54 Å². The molecule has 0 spiro atoms. The second-order valence-electron chi connectivity index (χ2n) is 5.17. The zero-order valence-corrected chi connectivity index (χ0v) is 11.8. The van der Waals surface area contributed by atoms with E-state index in [4.69, 9.17) is 0 Å². The molecule has 0 unspecified atom stereocenters. The van der Waals surface area contributed by atoms with Gasteiger partial charge in [-0.2, -0.15) is 10.1 Å². The monoisotopic (exact) mass is 287 g/mol. The highest BCUT2D eigenvalue weighted by molar-refractivity contribution is 5.39. The zero-order chi connectivity index (χ0) is 14.5. The van der Waals surface area contributed by atoms with Gasteiger partial charge in [-0.25, -0.2) is 4.39 Å². The molecule has 1 fully saturated rings. The molecule has 1 aliphatic heterocycles. The van der Waals surface area contributed by atoms with E-state index in [0.29, 0.717) is 18.3 Å². The van der Waals surface area contributed by atoms with Crippen molar-refractivity contribution in [2.24, 2.45) is 0 Å². The Morgan fingerprint density at radius 2 is 1.86 bits per heavy atom. The molecule has 110 valence electrons. The van der Waals surface area contributed by atoms with Gasteiger partial charge in [0.25, 0.3) is 0 Å². The fourth-order valence-corrected chi connectivity index (χ4v) is 2.40. The summed E-state index contributed by atoms with van der Waals surface area (Å²) in [5.74, 6) is 1.14. The van der Waals surface area contributed by atoms with Crippen LogP contribution in [0.2, 0.25) is 0 Å². The lowest BCUT2D eigenvalue weighted by atomic mass is 10.1. The number of rotatable bonds is 4. The molecule has 0 bridgehead atoms. The Balaban J connectivity index is 1.64. The topological polar surface area (TPSA) is 53.9 Å². The number of anilines is 2. The molecule has 1 aromatic heterocycles. The number of halogens is 1. The number of nitrogens with one attached hydrogen (secondary N) is 1. The highest BCUT2D eigenvalue weighted by Gasteiger charge is 2.14. The summed E-state index contributed by atoms with van der Waals surface area (Å²) < 4.78 is 12.9. The van der Waals surface area contributed by atoms with Crippen molar-refractivity contribution in [1.29, 1.82) is 0 Å². The van der Waals surface area contributed by atoms with Gasteiger partial charge in [0.1, 0.15) is 5.82 Å². The molecule has 1 aliphatic rings. The van der Waals surface area contributed by atoms with Gasteiger partial charge in [-0.3, -0.25) is 0 Å². The summed E-state index contributed by atoms with van der Waals surface area (Å²) in [6, 6.07) is 6.41. The Bertz CT molecular complexity index is 581. The van der Waals surface area contributed by atoms with Crippen LogP contribution < -0.4 is 10.2 Å². The van der Waals surface area contributed by atoms with Gasteiger partial charge in [-0.05, 0) is 37.0 Å². The average Bonchev–Trinajstić information content (AvgIpc) is 2.55. The molecule has 21 heavy (non-hydrogen) atoms. The molecule has 0 saturated carbocycles. The van der Waals surface area contributed by atoms with E-state index in [1.807, 2.05) is 0 Å². The quantitative estimate of drug-likeness (QED) is 0.936. The molecule has 6 heteroatoms. The summed E-state index contributed by atoms with van der Waals surface area (Å²) in [7, 11) is 0. The molecule has 5 nitrogen and oxygen atoms in total. The van der Waals surface area contributed by atoms with Crippen LogP contribution in [0.4, 0.5) is 16.2 Å². The number of piperidine rings is 1. The maximum Gasteiger partial charge on any atom is 0.247 e. The van der Waals surface area contributed by atoms with Crippen LogP contribution in [0.1, 0.15) is 24.8 Å². The first-order valence-corrected chi connectivity index (χ1v) is 7.24. The molecule has 1 aromatic carbocycles. The van der Waals surface area contributed by atoms with Crippen molar-refractivity contribution in [3.05, 3.63) is 41.8 Å². The van der Waals surface area contributed by atoms with Crippen molar-refractivity contribution >= 4 is 11.8 Å². The van der Waals surface area contributed by atoms with Crippen LogP contribution in [0.25, 0.3) is 0 Å². The molecule has 0 amide bonds. The van der Waals surface area contributed by atoms with Crippen molar-refractivity contribution in [2.45, 2.75) is 25.8 Å². The first-order valence-electron chi connectivity index (χ1n) is 7.24. The van der Waals surface area contributed by atoms with Crippen LogP contribution in [0.3, 0.4) is 0 Å². The summed E-state index contributed by atoms with van der Waals surface area (Å²) in [4.78, 5) is 6.66. The van der Waals surface area contributed by atoms with Crippen LogP contribution >= 0.6 is 0 Å². The van der Waals surface area contributed by atoms with Crippen molar-refractivity contribution < 1.29 is 4.39 Å². The number of hydrogen-bond acceptors (Lipinski definition) is 5. The summed E-state index contributed by atoms with van der Waals surface area (Å²) in [5, 5.41) is 11.3. The predicted octanol–water partition coefficient (Wildman–Crippen LogP) is 2.61. The van der Waals surface area contributed by atoms with Gasteiger partial charge in [0, 0.05) is 19.6 Å². The van der Waals surface area contributed by atoms with Gasteiger partial charge in [-0.1, -0.05) is 12.1 Å². The molecule has 0 radical (unpaired) electrons. The van der Waals surface area contributed by atoms with Crippen molar-refractivity contribution in [2.75, 3.05) is 23.3 Å². The zero-order valence-electron chi connectivity index (χ0n) is 11.8. The first-order chi connectivity index (χ1) is 10.3. The minimum absolute atomic E-state index is 0.227. The number of hydrogen-bond donors (Lipinski definition) is 1. The lowest BCUT2D eigenvalue weighted by Gasteiger charge is -2.26. The standard InChI is InChI=1S/C15H18FN5/c16-13-6-4-12(5-7-13)10-17-14-11-18-20-15(19-14)21-8-2-1-3-9-21/h4-7,11H,1-3,8-10H2,(H,17,19,20). The third-order valence-corrected chi connectivity index (χ3v) is 3.57. The molecule has 2 heterocycles. The Hall–Kier alpha value is -2.24. The second kappa shape index (κ2) is 6.47. The molecule has 1 saturated heterocycles. The number of nitrogens with zero attached hydrogens (tertiary/aromatic N) is 4. The number of aromatic nitrogens is 3. The molecule has 1 N–H and O–H groups in total. The SMILES string of the molecule is Fc1ccc(CNc2cnnc(N3CCCCC3)n2)cc1. The Morgan fingerprint density at radius 3 is 2.62 bits per heavy atom. The fourth-order valence-electron chi connectivity index (χ4n) is 2.40. The third kappa shape index (κ3) is 3.65. The summed E-state index contributed by atoms with van der Waals surface area (Å²) in [5.41, 5.74) is 0.995. The Kier molecular flexibility index (Phi) is 4.23. The van der Waals surface area contributed by atoms with E-state index in [1.165, 1.54) is 31.4 Å². The molecule has 2 aromatic rings. The van der Waals surface area contributed by atoms with E-state index in [0.717, 1.165) is 18.7 Å². The number of benzene rings is 1. The lowest BCUT2D eigenvalue weighted by Crippen LogP contribution is -2.31. The van der Waals surface area contributed by atoms with Crippen LogP contribution in [0.5, 0.6) is 0 Å². The molecule has 0 atom stereocenters. The van der Waals surface area contributed by atoms with E-state index in [-0.39, 0.29) is 5.82 Å². The maximum absolute atomic E-state index is 12.9. The first kappa shape index (κ1) is 13.7. The second-order valence-corrected chi connectivity index (χ2v) is 5.17. The fraction of sp³-hybridized carbons (Fsp3) is 0.400. The maximum atomic E-state index is 12.9. The normalized spacial score (nSPS) is 15.0. The smallest absolute Gasteiger partial charge is 0.247 e. The Morgan fingerprint density at radius 1 is 1.10 bits per heavy atom. The molecular weight excluding hydrogens is 269 g/mol. The summed E-state index contributed by atoms with van der Waals surface area (Å²) in [6.07, 6.45) is 5.23. The highest BCUT2D eigenvalue weighted by Crippen LogP contribution is 2.16. The summed E-state index contributed by atoms with van der Waals surface area (Å²) >= 11 is 0. The van der Waals surface area contributed by atoms with Crippen molar-refractivity contribution in [3.8, 4) is 0 Å². The minimum Gasteiger partial charge on any atom is -0.365 e. The van der Waals surface area contributed by atoms with E-state index in [9.17, 15) is 4.39 Å². The van der Waals surface area contributed by atoms with Gasteiger partial charge in [-0.15, -0.1) is 5.10 Å². The van der Waals surface area contributed by atoms with Gasteiger partial charge in [0.2, 0.25) is 5.95 Å². The molecule has 3 rings (SSSR count). The van der Waals surface area contributed by atoms with Crippen molar-refractivity contribution in [1.82, 2.24) is 15.2 Å². The van der Waals surface area contributed by atoms with Crippen LogP contribution in [0, 0.1) is 5.82 Å². The van der Waals surface area contributed by atoms with E-state index < -0.39 is 0 Å². The lowest BCUT2D eigenvalue weighted by molar-refractivity contribution is 0.565. The van der Waals surface area contributed by atoms with Gasteiger partial charge in [0.05, 0.1) is 6.20 Å². The van der Waals surface area contributed by atoms with Crippen molar-refractivity contribution in [3.63, 3.8) is 0 Å². The summed E-state index contributed by atoms with van der Waals surface area (Å²) in [6.45, 7) is 2.56. The highest BCUT2D eigenvalue weighted by atomic mass is 19.1. The van der Waals surface area contributed by atoms with Crippen LogP contribution in [0.15, 0.2) is 30.5 Å². The minimum atomic E-state index is -0.227. The van der Waals surface area contributed by atoms with E-state index in [1.54, 1.807) is 18.3 Å². The average molecular weight is 287 g/mol. The van der Waals surface area contributed by atoms with E-state index in [2.05, 4.69) is 25.4 Å². The van der Waals surface area contributed by atoms with Gasteiger partial charge < -0.3 is 10.2 Å². The molecular formula is C15H18FN5. The van der Waals surface area contributed by atoms with Gasteiger partial charge in [0.15, 0.2) is 5.82 Å². The van der Waals surface area contributed by atoms with Gasteiger partial charge >= 0.3 is 0 Å². The van der Waals surface area contributed by atoms with E-state index >= 15 is 0 Å². The molecule has 0 aliphatic carbocycles. The largest absolute Gasteiger partial charge is 0.365 e. The third-order valence-electron chi connectivity index (χ3n) is 3.57.